The zero-order chi connectivity index (χ0) is 14.7. The number of nitrogens with zero attached hydrogens (tertiary/aromatic N) is 2. The van der Waals surface area contributed by atoms with Crippen molar-refractivity contribution in [3.63, 3.8) is 0 Å². The Kier molecular flexibility index (Phi) is 4.29. The molecule has 0 aliphatic rings. The van der Waals surface area contributed by atoms with Crippen LogP contribution in [0.4, 0.5) is 0 Å². The van der Waals surface area contributed by atoms with Crippen LogP contribution in [0.3, 0.4) is 0 Å². The molecule has 0 fully saturated rings. The molecule has 1 aromatic carbocycles. The van der Waals surface area contributed by atoms with Crippen molar-refractivity contribution in [2.75, 3.05) is 7.05 Å². The van der Waals surface area contributed by atoms with Gasteiger partial charge in [-0.2, -0.15) is 0 Å². The zero-order valence-corrected chi connectivity index (χ0v) is 13.1. The molecule has 0 unspecified atom stereocenters. The van der Waals surface area contributed by atoms with E-state index in [0.717, 1.165) is 22.9 Å². The molecule has 106 valence electrons. The number of thiazole rings is 1. The second-order valence-corrected chi connectivity index (χ2v) is 5.99. The molecule has 0 spiro atoms. The van der Waals surface area contributed by atoms with Crippen molar-refractivity contribution in [3.05, 3.63) is 59.4 Å². The lowest BCUT2D eigenvalue weighted by Gasteiger charge is -2.00. The van der Waals surface area contributed by atoms with Crippen LogP contribution in [-0.2, 0) is 6.54 Å². The topological polar surface area (TPSA) is 37.8 Å². The number of nitrogens with one attached hydrogen (secondary N) is 1. The van der Waals surface area contributed by atoms with Gasteiger partial charge < -0.3 is 5.32 Å². The number of halogens is 1. The molecule has 3 nitrogen and oxygen atoms in total. The minimum atomic E-state index is 0.633. The quantitative estimate of drug-likeness (QED) is 0.782. The number of hydrogen-bond donors (Lipinski definition) is 1. The Morgan fingerprint density at radius 1 is 1.14 bits per heavy atom. The van der Waals surface area contributed by atoms with Crippen molar-refractivity contribution < 1.29 is 0 Å². The molecule has 3 aromatic rings. The molecular formula is C16H14ClN3S. The Labute approximate surface area is 132 Å². The molecule has 0 aliphatic heterocycles. The molecule has 21 heavy (non-hydrogen) atoms. The van der Waals surface area contributed by atoms with E-state index < -0.39 is 0 Å². The molecule has 3 rings (SSSR count). The monoisotopic (exact) mass is 315 g/mol. The lowest BCUT2D eigenvalue weighted by atomic mass is 10.1. The highest BCUT2D eigenvalue weighted by Gasteiger charge is 2.14. The Balaban J connectivity index is 2.06. The number of benzene rings is 1. The van der Waals surface area contributed by atoms with Crippen LogP contribution in [-0.4, -0.2) is 17.0 Å². The third kappa shape index (κ3) is 3.13. The molecular weight excluding hydrogens is 302 g/mol. The molecule has 0 amide bonds. The molecule has 0 aliphatic carbocycles. The third-order valence-electron chi connectivity index (χ3n) is 3.02. The maximum Gasteiger partial charge on any atom is 0.142 e. The fourth-order valence-corrected chi connectivity index (χ4v) is 3.24. The van der Waals surface area contributed by atoms with Crippen LogP contribution in [0, 0.1) is 0 Å². The predicted octanol–water partition coefficient (Wildman–Crippen LogP) is 4.24. The van der Waals surface area contributed by atoms with E-state index in [1.807, 2.05) is 37.4 Å². The standard InChI is InChI=1S/C16H14ClN3S/c1-18-10-14-15(11-5-3-2-4-6-11)21-16(20-14)13-8-7-12(17)9-19-13/h2-9,18H,10H2,1H3. The van der Waals surface area contributed by atoms with Crippen LogP contribution >= 0.6 is 22.9 Å². The molecule has 5 heteroatoms. The summed E-state index contributed by atoms with van der Waals surface area (Å²) in [5, 5.41) is 4.72. The smallest absolute Gasteiger partial charge is 0.142 e. The van der Waals surface area contributed by atoms with E-state index in [1.54, 1.807) is 17.5 Å². The second-order valence-electron chi connectivity index (χ2n) is 4.55. The van der Waals surface area contributed by atoms with Gasteiger partial charge in [-0.3, -0.25) is 4.98 Å². The Morgan fingerprint density at radius 3 is 2.62 bits per heavy atom. The number of aromatic nitrogens is 2. The van der Waals surface area contributed by atoms with Crippen LogP contribution in [0.1, 0.15) is 5.69 Å². The van der Waals surface area contributed by atoms with Crippen molar-refractivity contribution in [3.8, 4) is 21.1 Å². The number of hydrogen-bond acceptors (Lipinski definition) is 4. The van der Waals surface area contributed by atoms with Crippen molar-refractivity contribution in [1.29, 1.82) is 0 Å². The maximum atomic E-state index is 5.89. The highest BCUT2D eigenvalue weighted by molar-refractivity contribution is 7.18. The second kappa shape index (κ2) is 6.35. The van der Waals surface area contributed by atoms with Crippen molar-refractivity contribution in [2.24, 2.45) is 0 Å². The van der Waals surface area contributed by atoms with Gasteiger partial charge in [0.05, 0.1) is 21.3 Å². The molecule has 0 bridgehead atoms. The Hall–Kier alpha value is -1.75. The van der Waals surface area contributed by atoms with Crippen molar-refractivity contribution in [1.82, 2.24) is 15.3 Å². The summed E-state index contributed by atoms with van der Waals surface area (Å²) in [4.78, 5) is 10.3. The summed E-state index contributed by atoms with van der Waals surface area (Å²) in [7, 11) is 1.92. The van der Waals surface area contributed by atoms with Crippen LogP contribution in [0.5, 0.6) is 0 Å². The summed E-state index contributed by atoms with van der Waals surface area (Å²) < 4.78 is 0. The van der Waals surface area contributed by atoms with Crippen LogP contribution < -0.4 is 5.32 Å². The minimum absolute atomic E-state index is 0.633. The first-order valence-corrected chi connectivity index (χ1v) is 7.79. The largest absolute Gasteiger partial charge is 0.314 e. The predicted molar refractivity (Wildman–Crippen MR) is 88.6 cm³/mol. The average Bonchev–Trinajstić information content (AvgIpc) is 2.93. The molecule has 2 aromatic heterocycles. The first-order valence-electron chi connectivity index (χ1n) is 6.59. The van der Waals surface area contributed by atoms with Gasteiger partial charge in [0.25, 0.3) is 0 Å². The van der Waals surface area contributed by atoms with Crippen LogP contribution in [0.25, 0.3) is 21.1 Å². The van der Waals surface area contributed by atoms with Crippen LogP contribution in [0.15, 0.2) is 48.7 Å². The Bertz CT molecular complexity index is 723. The lowest BCUT2D eigenvalue weighted by molar-refractivity contribution is 0.799. The number of pyridine rings is 1. The highest BCUT2D eigenvalue weighted by atomic mass is 35.5. The van der Waals surface area contributed by atoms with Gasteiger partial charge in [0.1, 0.15) is 5.01 Å². The van der Waals surface area contributed by atoms with E-state index in [0.29, 0.717) is 5.02 Å². The van der Waals surface area contributed by atoms with Gasteiger partial charge in [-0.25, -0.2) is 4.98 Å². The summed E-state index contributed by atoms with van der Waals surface area (Å²) in [6, 6.07) is 14.0. The van der Waals surface area contributed by atoms with Crippen molar-refractivity contribution in [2.45, 2.75) is 6.54 Å². The van der Waals surface area contributed by atoms with E-state index in [4.69, 9.17) is 16.6 Å². The van der Waals surface area contributed by atoms with Crippen molar-refractivity contribution >= 4 is 22.9 Å². The van der Waals surface area contributed by atoms with Gasteiger partial charge in [0.15, 0.2) is 0 Å². The van der Waals surface area contributed by atoms with E-state index in [1.165, 1.54) is 10.4 Å². The normalized spacial score (nSPS) is 10.8. The minimum Gasteiger partial charge on any atom is -0.314 e. The van der Waals surface area contributed by atoms with E-state index in [2.05, 4.69) is 22.4 Å². The van der Waals surface area contributed by atoms with Gasteiger partial charge >= 0.3 is 0 Å². The van der Waals surface area contributed by atoms with Gasteiger partial charge in [0.2, 0.25) is 0 Å². The molecule has 0 saturated heterocycles. The lowest BCUT2D eigenvalue weighted by Crippen LogP contribution is -2.06. The Morgan fingerprint density at radius 2 is 1.95 bits per heavy atom. The molecule has 0 saturated carbocycles. The molecule has 1 N–H and O–H groups in total. The van der Waals surface area contributed by atoms with E-state index in [9.17, 15) is 0 Å². The summed E-state index contributed by atoms with van der Waals surface area (Å²) in [5.41, 5.74) is 3.07. The molecule has 0 atom stereocenters. The maximum absolute atomic E-state index is 5.89. The summed E-state index contributed by atoms with van der Waals surface area (Å²) in [6.07, 6.45) is 1.65. The highest BCUT2D eigenvalue weighted by Crippen LogP contribution is 2.34. The SMILES string of the molecule is CNCc1nc(-c2ccc(Cl)cn2)sc1-c1ccccc1. The van der Waals surface area contributed by atoms with Gasteiger partial charge in [0, 0.05) is 12.7 Å². The van der Waals surface area contributed by atoms with Crippen LogP contribution in [0.2, 0.25) is 5.02 Å². The summed E-state index contributed by atoms with van der Waals surface area (Å²) in [6.45, 7) is 0.730. The average molecular weight is 316 g/mol. The van der Waals surface area contributed by atoms with Gasteiger partial charge in [-0.15, -0.1) is 11.3 Å². The summed E-state index contributed by atoms with van der Waals surface area (Å²) in [5.74, 6) is 0. The zero-order valence-electron chi connectivity index (χ0n) is 11.5. The van der Waals surface area contributed by atoms with Gasteiger partial charge in [-0.1, -0.05) is 41.9 Å². The first kappa shape index (κ1) is 14.2. The van der Waals surface area contributed by atoms with Gasteiger partial charge in [-0.05, 0) is 24.7 Å². The first-order chi connectivity index (χ1) is 10.3. The fraction of sp³-hybridized carbons (Fsp3) is 0.125. The number of rotatable bonds is 4. The molecule has 2 heterocycles. The summed E-state index contributed by atoms with van der Waals surface area (Å²) >= 11 is 7.55. The van der Waals surface area contributed by atoms with E-state index in [-0.39, 0.29) is 0 Å². The fourth-order valence-electron chi connectivity index (χ4n) is 2.07. The van der Waals surface area contributed by atoms with E-state index >= 15 is 0 Å². The molecule has 0 radical (unpaired) electrons. The third-order valence-corrected chi connectivity index (χ3v) is 4.42.